The Hall–Kier alpha value is -2.45. The summed E-state index contributed by atoms with van der Waals surface area (Å²) in [6.07, 6.45) is 0. The number of rotatable bonds is 3. The van der Waals surface area contributed by atoms with E-state index in [0.717, 1.165) is 12.1 Å². The Balaban J connectivity index is 2.54. The van der Waals surface area contributed by atoms with Gasteiger partial charge in [0.2, 0.25) is 0 Å². The van der Waals surface area contributed by atoms with E-state index in [4.69, 9.17) is 10.4 Å². The first-order valence-corrected chi connectivity index (χ1v) is 5.90. The van der Waals surface area contributed by atoms with Crippen LogP contribution in [-0.2, 0) is 6.61 Å². The molecule has 0 heterocycles. The molecule has 2 rings (SSSR count). The fourth-order valence-corrected chi connectivity index (χ4v) is 2.01. The molecule has 2 aromatic carbocycles. The average Bonchev–Trinajstić information content (AvgIpc) is 2.46. The molecule has 0 saturated carbocycles. The minimum absolute atomic E-state index is 0.158. The monoisotopic (exact) mass is 274 g/mol. The van der Waals surface area contributed by atoms with Gasteiger partial charge < -0.3 is 10.0 Å². The zero-order valence-corrected chi connectivity index (χ0v) is 10.8. The lowest BCUT2D eigenvalue weighted by atomic mass is 10.1. The number of halogens is 2. The van der Waals surface area contributed by atoms with E-state index >= 15 is 0 Å². The fourth-order valence-electron chi connectivity index (χ4n) is 2.01. The van der Waals surface area contributed by atoms with Crippen LogP contribution >= 0.6 is 0 Å². The second-order valence-corrected chi connectivity index (χ2v) is 4.25. The molecule has 0 bridgehead atoms. The molecule has 5 heteroatoms. The number of nitriles is 1. The van der Waals surface area contributed by atoms with Gasteiger partial charge in [0.05, 0.1) is 17.9 Å². The predicted molar refractivity (Wildman–Crippen MR) is 71.5 cm³/mol. The van der Waals surface area contributed by atoms with Crippen molar-refractivity contribution < 1.29 is 13.9 Å². The van der Waals surface area contributed by atoms with Crippen molar-refractivity contribution in [2.75, 3.05) is 11.9 Å². The summed E-state index contributed by atoms with van der Waals surface area (Å²) < 4.78 is 28.0. The highest BCUT2D eigenvalue weighted by atomic mass is 19.1. The first-order valence-electron chi connectivity index (χ1n) is 5.90. The second-order valence-electron chi connectivity index (χ2n) is 4.25. The number of para-hydroxylation sites is 1. The molecule has 0 amide bonds. The highest BCUT2D eigenvalue weighted by Crippen LogP contribution is 2.31. The van der Waals surface area contributed by atoms with E-state index < -0.39 is 18.2 Å². The summed E-state index contributed by atoms with van der Waals surface area (Å²) in [6.45, 7) is -0.438. The lowest BCUT2D eigenvalue weighted by Gasteiger charge is -2.22. The van der Waals surface area contributed by atoms with Gasteiger partial charge in [-0.25, -0.2) is 8.78 Å². The van der Waals surface area contributed by atoms with Gasteiger partial charge in [0, 0.05) is 7.05 Å². The Morgan fingerprint density at radius 1 is 1.20 bits per heavy atom. The third-order valence-electron chi connectivity index (χ3n) is 2.98. The van der Waals surface area contributed by atoms with E-state index in [0.29, 0.717) is 11.3 Å². The van der Waals surface area contributed by atoms with Gasteiger partial charge in [0.15, 0.2) is 0 Å². The van der Waals surface area contributed by atoms with Gasteiger partial charge in [-0.15, -0.1) is 0 Å². The zero-order chi connectivity index (χ0) is 14.7. The summed E-state index contributed by atoms with van der Waals surface area (Å²) >= 11 is 0. The van der Waals surface area contributed by atoms with E-state index in [2.05, 4.69) is 0 Å². The predicted octanol–water partition coefficient (Wildman–Crippen LogP) is 3.10. The van der Waals surface area contributed by atoms with Crippen molar-refractivity contribution in [3.8, 4) is 6.07 Å². The molecule has 0 unspecified atom stereocenters. The van der Waals surface area contributed by atoms with E-state index in [-0.39, 0.29) is 11.3 Å². The quantitative estimate of drug-likeness (QED) is 0.935. The Morgan fingerprint density at radius 2 is 1.80 bits per heavy atom. The number of aliphatic hydroxyl groups excluding tert-OH is 1. The fraction of sp³-hybridized carbons (Fsp3) is 0.133. The summed E-state index contributed by atoms with van der Waals surface area (Å²) in [4.78, 5) is 1.28. The standard InChI is InChI=1S/C15H12F2N2O/c1-19(14-5-3-2-4-11(14)8-18)15-12(16)6-10(9-20)7-13(15)17/h2-7,20H,9H2,1H3. The maximum absolute atomic E-state index is 14.0. The normalized spacial score (nSPS) is 10.2. The number of benzene rings is 2. The Kier molecular flexibility index (Phi) is 3.97. The summed E-state index contributed by atoms with van der Waals surface area (Å²) in [6, 6.07) is 10.7. The Morgan fingerprint density at radius 3 is 2.35 bits per heavy atom. The van der Waals surface area contributed by atoms with Crippen LogP contribution in [0, 0.1) is 23.0 Å². The summed E-state index contributed by atoms with van der Waals surface area (Å²) in [5.41, 5.74) is 0.625. The molecule has 1 N–H and O–H groups in total. The van der Waals surface area contributed by atoms with Crippen LogP contribution in [0.15, 0.2) is 36.4 Å². The van der Waals surface area contributed by atoms with E-state index in [1.54, 1.807) is 24.3 Å². The number of aliphatic hydroxyl groups is 1. The van der Waals surface area contributed by atoms with Gasteiger partial charge >= 0.3 is 0 Å². The van der Waals surface area contributed by atoms with Crippen LogP contribution in [0.5, 0.6) is 0 Å². The van der Waals surface area contributed by atoms with E-state index in [9.17, 15) is 8.78 Å². The minimum atomic E-state index is -0.788. The van der Waals surface area contributed by atoms with Crippen LogP contribution < -0.4 is 4.90 Å². The number of nitrogens with zero attached hydrogens (tertiary/aromatic N) is 2. The molecule has 102 valence electrons. The van der Waals surface area contributed by atoms with Crippen molar-refractivity contribution in [2.24, 2.45) is 0 Å². The molecule has 0 atom stereocenters. The molecule has 0 spiro atoms. The largest absolute Gasteiger partial charge is 0.392 e. The lowest BCUT2D eigenvalue weighted by molar-refractivity contribution is 0.280. The maximum atomic E-state index is 14.0. The van der Waals surface area contributed by atoms with E-state index in [1.165, 1.54) is 11.9 Å². The Bertz CT molecular complexity index is 657. The first kappa shape index (κ1) is 14.0. The van der Waals surface area contributed by atoms with Crippen LogP contribution in [0.1, 0.15) is 11.1 Å². The van der Waals surface area contributed by atoms with Crippen molar-refractivity contribution in [2.45, 2.75) is 6.61 Å². The average molecular weight is 274 g/mol. The lowest BCUT2D eigenvalue weighted by Crippen LogP contribution is -2.15. The minimum Gasteiger partial charge on any atom is -0.392 e. The van der Waals surface area contributed by atoms with Gasteiger partial charge in [0.1, 0.15) is 23.4 Å². The van der Waals surface area contributed by atoms with Gasteiger partial charge in [-0.3, -0.25) is 0 Å². The SMILES string of the molecule is CN(c1ccccc1C#N)c1c(F)cc(CO)cc1F. The van der Waals surface area contributed by atoms with Crippen molar-refractivity contribution in [3.63, 3.8) is 0 Å². The highest BCUT2D eigenvalue weighted by molar-refractivity contribution is 5.69. The summed E-state index contributed by atoms with van der Waals surface area (Å²) in [5, 5.41) is 18.0. The van der Waals surface area contributed by atoms with Crippen molar-refractivity contribution in [1.82, 2.24) is 0 Å². The molecule has 0 saturated heterocycles. The molecular weight excluding hydrogens is 262 g/mol. The molecule has 3 nitrogen and oxygen atoms in total. The number of hydrogen-bond donors (Lipinski definition) is 1. The van der Waals surface area contributed by atoms with Crippen molar-refractivity contribution in [3.05, 3.63) is 59.2 Å². The van der Waals surface area contributed by atoms with Crippen LogP contribution in [0.2, 0.25) is 0 Å². The molecule has 0 aromatic heterocycles. The molecule has 0 aliphatic heterocycles. The molecule has 0 fully saturated rings. The van der Waals surface area contributed by atoms with Crippen LogP contribution in [0.3, 0.4) is 0 Å². The topological polar surface area (TPSA) is 47.3 Å². The first-order chi connectivity index (χ1) is 9.58. The van der Waals surface area contributed by atoms with Crippen LogP contribution in [0.4, 0.5) is 20.2 Å². The molecule has 0 aliphatic carbocycles. The maximum Gasteiger partial charge on any atom is 0.150 e. The molecule has 20 heavy (non-hydrogen) atoms. The van der Waals surface area contributed by atoms with Gasteiger partial charge in [-0.2, -0.15) is 5.26 Å². The van der Waals surface area contributed by atoms with Gasteiger partial charge in [-0.05, 0) is 29.8 Å². The zero-order valence-electron chi connectivity index (χ0n) is 10.8. The van der Waals surface area contributed by atoms with Gasteiger partial charge in [-0.1, -0.05) is 12.1 Å². The van der Waals surface area contributed by atoms with Crippen LogP contribution in [-0.4, -0.2) is 12.2 Å². The third-order valence-corrected chi connectivity index (χ3v) is 2.98. The molecule has 2 aromatic rings. The Labute approximate surface area is 115 Å². The van der Waals surface area contributed by atoms with E-state index in [1.807, 2.05) is 6.07 Å². The second kappa shape index (κ2) is 5.68. The van der Waals surface area contributed by atoms with Crippen LogP contribution in [0.25, 0.3) is 0 Å². The summed E-state index contributed by atoms with van der Waals surface area (Å²) in [5.74, 6) is -1.58. The van der Waals surface area contributed by atoms with Crippen molar-refractivity contribution >= 4 is 11.4 Å². The molecule has 0 aliphatic rings. The molecular formula is C15H12F2N2O. The van der Waals surface area contributed by atoms with Gasteiger partial charge in [0.25, 0.3) is 0 Å². The number of hydrogen-bond acceptors (Lipinski definition) is 3. The van der Waals surface area contributed by atoms with Crippen molar-refractivity contribution in [1.29, 1.82) is 5.26 Å². The highest BCUT2D eigenvalue weighted by Gasteiger charge is 2.18. The smallest absolute Gasteiger partial charge is 0.150 e. The summed E-state index contributed by atoms with van der Waals surface area (Å²) in [7, 11) is 1.48. The third kappa shape index (κ3) is 2.46. The molecule has 0 radical (unpaired) electrons. The number of anilines is 2.